The van der Waals surface area contributed by atoms with Gasteiger partial charge in [0.2, 0.25) is 0 Å². The van der Waals surface area contributed by atoms with Crippen molar-refractivity contribution in [3.05, 3.63) is 35.5 Å². The highest BCUT2D eigenvalue weighted by Crippen LogP contribution is 2.27. The molecule has 4 heteroatoms. The molecule has 0 aliphatic carbocycles. The number of aliphatic imine (C=N–C) groups is 2. The van der Waals surface area contributed by atoms with Crippen LogP contribution in [0.4, 0.5) is 0 Å². The molecule has 2 heterocycles. The van der Waals surface area contributed by atoms with Gasteiger partial charge in [0.05, 0.1) is 4.90 Å². The first-order valence-corrected chi connectivity index (χ1v) is 5.34. The van der Waals surface area contributed by atoms with Crippen molar-refractivity contribution in [2.24, 2.45) is 9.98 Å². The molecule has 2 aliphatic heterocycles. The molecule has 0 aromatic heterocycles. The maximum Gasteiger partial charge on any atom is 0.159 e. The lowest BCUT2D eigenvalue weighted by atomic mass is 10.2. The Morgan fingerprint density at radius 2 is 2.07 bits per heavy atom. The molecule has 68 valence electrons. The lowest BCUT2D eigenvalue weighted by molar-refractivity contribution is 0.689. The van der Waals surface area contributed by atoms with Crippen LogP contribution in [0.5, 0.6) is 0 Å². The summed E-state index contributed by atoms with van der Waals surface area (Å²) >= 11 is 0. The average molecular weight is 202 g/mol. The second-order valence-electron chi connectivity index (χ2n) is 3.01. The van der Waals surface area contributed by atoms with Crippen LogP contribution in [0, 0.1) is 0 Å². The first-order chi connectivity index (χ1) is 6.86. The number of hydrogen-bond donors (Lipinski definition) is 0. The minimum absolute atomic E-state index is 0.573. The van der Waals surface area contributed by atoms with Gasteiger partial charge >= 0.3 is 0 Å². The zero-order valence-electron chi connectivity index (χ0n) is 7.18. The third kappa shape index (κ3) is 0.943. The van der Waals surface area contributed by atoms with Gasteiger partial charge in [-0.05, 0) is 17.7 Å². The van der Waals surface area contributed by atoms with Crippen molar-refractivity contribution >= 4 is 28.3 Å². The van der Waals surface area contributed by atoms with Crippen LogP contribution < -0.4 is 0 Å². The van der Waals surface area contributed by atoms with E-state index in [2.05, 4.69) is 9.98 Å². The first-order valence-electron chi connectivity index (χ1n) is 4.19. The van der Waals surface area contributed by atoms with E-state index in [-0.39, 0.29) is 0 Å². The predicted molar refractivity (Wildman–Crippen MR) is 56.8 cm³/mol. The summed E-state index contributed by atoms with van der Waals surface area (Å²) in [6, 6.07) is 7.60. The Bertz CT molecular complexity index is 529. The maximum absolute atomic E-state index is 12.0. The average Bonchev–Trinajstić information content (AvgIpc) is 2.66. The summed E-state index contributed by atoms with van der Waals surface area (Å²) in [4.78, 5) is 8.86. The molecule has 0 spiro atoms. The largest absolute Gasteiger partial charge is 0.247 e. The Kier molecular flexibility index (Phi) is 1.52. The van der Waals surface area contributed by atoms with Crippen molar-refractivity contribution in [1.29, 1.82) is 0 Å². The standard InChI is InChI=1S/C10H6N2OS/c13-14-9-4-2-1-3-7(9)5-8-10(14)12-6-11-8/h1-6H. The molecule has 0 bridgehead atoms. The quantitative estimate of drug-likeness (QED) is 0.630. The van der Waals surface area contributed by atoms with Gasteiger partial charge in [-0.3, -0.25) is 0 Å². The normalized spacial score (nSPS) is 22.4. The summed E-state index contributed by atoms with van der Waals surface area (Å²) in [5, 5.41) is 0.573. The Hall–Kier alpha value is -1.55. The van der Waals surface area contributed by atoms with Crippen molar-refractivity contribution in [3.63, 3.8) is 0 Å². The van der Waals surface area contributed by atoms with E-state index in [0.717, 1.165) is 16.2 Å². The number of rotatable bonds is 0. The van der Waals surface area contributed by atoms with Gasteiger partial charge in [-0.25, -0.2) is 14.2 Å². The highest BCUT2D eigenvalue weighted by atomic mass is 32.2. The van der Waals surface area contributed by atoms with Crippen LogP contribution in [0.3, 0.4) is 0 Å². The Balaban J connectivity index is 2.31. The van der Waals surface area contributed by atoms with Crippen LogP contribution in [-0.4, -0.2) is 15.6 Å². The van der Waals surface area contributed by atoms with Gasteiger partial charge in [0, 0.05) is 0 Å². The number of hydrogen-bond acceptors (Lipinski definition) is 3. The second-order valence-corrected chi connectivity index (χ2v) is 4.38. The third-order valence-electron chi connectivity index (χ3n) is 2.18. The zero-order chi connectivity index (χ0) is 9.54. The van der Waals surface area contributed by atoms with Crippen LogP contribution in [-0.2, 0) is 10.8 Å². The molecule has 3 nitrogen and oxygen atoms in total. The second kappa shape index (κ2) is 2.72. The highest BCUT2D eigenvalue weighted by molar-refractivity contribution is 8.01. The molecular formula is C10H6N2OS. The first kappa shape index (κ1) is 7.82. The molecule has 1 aromatic carbocycles. The van der Waals surface area contributed by atoms with E-state index < -0.39 is 10.8 Å². The Morgan fingerprint density at radius 1 is 1.21 bits per heavy atom. The van der Waals surface area contributed by atoms with E-state index in [0.29, 0.717) is 5.04 Å². The van der Waals surface area contributed by atoms with E-state index in [1.807, 2.05) is 30.3 Å². The predicted octanol–water partition coefficient (Wildman–Crippen LogP) is 1.59. The molecule has 2 aliphatic rings. The Labute approximate surface area is 83.4 Å². The van der Waals surface area contributed by atoms with Gasteiger partial charge in [0.15, 0.2) is 5.04 Å². The van der Waals surface area contributed by atoms with Gasteiger partial charge in [0.25, 0.3) is 0 Å². The fourth-order valence-corrected chi connectivity index (χ4v) is 2.72. The highest BCUT2D eigenvalue weighted by Gasteiger charge is 2.25. The van der Waals surface area contributed by atoms with Crippen molar-refractivity contribution in [3.8, 4) is 0 Å². The van der Waals surface area contributed by atoms with Crippen LogP contribution >= 0.6 is 0 Å². The van der Waals surface area contributed by atoms with Gasteiger partial charge in [-0.15, -0.1) is 0 Å². The van der Waals surface area contributed by atoms with Gasteiger partial charge < -0.3 is 0 Å². The molecule has 0 N–H and O–H groups in total. The fraction of sp³-hybridized carbons (Fsp3) is 0. The van der Waals surface area contributed by atoms with Crippen LogP contribution in [0.1, 0.15) is 5.56 Å². The van der Waals surface area contributed by atoms with Crippen molar-refractivity contribution in [2.45, 2.75) is 4.90 Å². The van der Waals surface area contributed by atoms with Crippen molar-refractivity contribution in [2.75, 3.05) is 0 Å². The molecular weight excluding hydrogens is 196 g/mol. The topological polar surface area (TPSA) is 41.8 Å². The molecule has 0 amide bonds. The van der Waals surface area contributed by atoms with Crippen molar-refractivity contribution < 1.29 is 4.21 Å². The number of fused-ring (bicyclic) bond motifs is 2. The fourth-order valence-electron chi connectivity index (χ4n) is 1.53. The Morgan fingerprint density at radius 3 is 3.00 bits per heavy atom. The molecule has 14 heavy (non-hydrogen) atoms. The molecule has 1 aromatic rings. The van der Waals surface area contributed by atoms with E-state index >= 15 is 0 Å². The molecule has 1 unspecified atom stereocenters. The van der Waals surface area contributed by atoms with E-state index in [1.165, 1.54) is 6.34 Å². The molecule has 3 rings (SSSR count). The summed E-state index contributed by atoms with van der Waals surface area (Å²) < 4.78 is 12.0. The van der Waals surface area contributed by atoms with Gasteiger partial charge in [-0.1, -0.05) is 18.2 Å². The number of benzene rings is 1. The SMILES string of the molecule is O=S1C2=NC=NC2=Cc2ccccc21. The molecule has 0 radical (unpaired) electrons. The molecule has 0 saturated carbocycles. The summed E-state index contributed by atoms with van der Waals surface area (Å²) in [5.41, 5.74) is 1.70. The van der Waals surface area contributed by atoms with E-state index in [1.54, 1.807) is 0 Å². The van der Waals surface area contributed by atoms with E-state index in [4.69, 9.17) is 0 Å². The molecule has 1 atom stereocenters. The van der Waals surface area contributed by atoms with Crippen LogP contribution in [0.25, 0.3) is 6.08 Å². The minimum Gasteiger partial charge on any atom is -0.247 e. The summed E-state index contributed by atoms with van der Waals surface area (Å²) in [6.07, 6.45) is 3.37. The molecule has 0 saturated heterocycles. The summed E-state index contributed by atoms with van der Waals surface area (Å²) in [6.45, 7) is 0. The monoisotopic (exact) mass is 202 g/mol. The maximum atomic E-state index is 12.0. The van der Waals surface area contributed by atoms with E-state index in [9.17, 15) is 4.21 Å². The van der Waals surface area contributed by atoms with Crippen molar-refractivity contribution in [1.82, 2.24) is 0 Å². The van der Waals surface area contributed by atoms with Gasteiger partial charge in [0.1, 0.15) is 22.8 Å². The lowest BCUT2D eigenvalue weighted by Gasteiger charge is -2.11. The summed E-state index contributed by atoms with van der Waals surface area (Å²) in [7, 11) is -1.16. The smallest absolute Gasteiger partial charge is 0.159 e. The van der Waals surface area contributed by atoms with Crippen LogP contribution in [0.15, 0.2) is 44.8 Å². The molecule has 0 fully saturated rings. The minimum atomic E-state index is -1.16. The van der Waals surface area contributed by atoms with Gasteiger partial charge in [-0.2, -0.15) is 0 Å². The lowest BCUT2D eigenvalue weighted by Crippen LogP contribution is -2.12. The number of nitrogens with zero attached hydrogens (tertiary/aromatic N) is 2. The zero-order valence-corrected chi connectivity index (χ0v) is 7.99. The summed E-state index contributed by atoms with van der Waals surface area (Å²) in [5.74, 6) is 0. The third-order valence-corrected chi connectivity index (χ3v) is 3.61. The van der Waals surface area contributed by atoms with Crippen LogP contribution in [0.2, 0.25) is 0 Å².